The minimum atomic E-state index is -0.0979. The SMILES string of the molecule is Cc1cc(=O)[nH]c([C@H](C)N2CCC(N3CCCNC3=O)CC2)n1. The number of amides is 2. The minimum absolute atomic E-state index is 0.0763. The Balaban J connectivity index is 1.62. The Morgan fingerprint density at radius 1 is 1.26 bits per heavy atom. The number of piperidine rings is 1. The number of H-pyrrole nitrogens is 1. The second-order valence-electron chi connectivity index (χ2n) is 6.49. The van der Waals surface area contributed by atoms with Crippen molar-refractivity contribution in [3.63, 3.8) is 0 Å². The second-order valence-corrected chi connectivity index (χ2v) is 6.49. The number of urea groups is 1. The van der Waals surface area contributed by atoms with Crippen LogP contribution in [0.2, 0.25) is 0 Å². The van der Waals surface area contributed by atoms with E-state index in [1.165, 1.54) is 6.07 Å². The molecule has 3 rings (SSSR count). The number of aryl methyl sites for hydroxylation is 1. The van der Waals surface area contributed by atoms with Crippen molar-refractivity contribution in [2.45, 2.75) is 45.2 Å². The van der Waals surface area contributed by atoms with Gasteiger partial charge < -0.3 is 15.2 Å². The van der Waals surface area contributed by atoms with E-state index in [9.17, 15) is 9.59 Å². The zero-order chi connectivity index (χ0) is 16.4. The Labute approximate surface area is 136 Å². The van der Waals surface area contributed by atoms with Gasteiger partial charge in [0.05, 0.1) is 6.04 Å². The molecule has 2 aliphatic heterocycles. The van der Waals surface area contributed by atoms with E-state index in [0.717, 1.165) is 57.0 Å². The number of aromatic nitrogens is 2. The summed E-state index contributed by atoms with van der Waals surface area (Å²) in [6.45, 7) is 7.38. The highest BCUT2D eigenvalue weighted by molar-refractivity contribution is 5.75. The van der Waals surface area contributed by atoms with Gasteiger partial charge >= 0.3 is 6.03 Å². The van der Waals surface area contributed by atoms with Crippen LogP contribution in [0.5, 0.6) is 0 Å². The maximum Gasteiger partial charge on any atom is 0.317 e. The molecule has 0 bridgehead atoms. The van der Waals surface area contributed by atoms with E-state index in [1.807, 2.05) is 11.8 Å². The van der Waals surface area contributed by atoms with Crippen LogP contribution in [0.15, 0.2) is 10.9 Å². The molecule has 1 aromatic heterocycles. The number of hydrogen-bond donors (Lipinski definition) is 2. The minimum Gasteiger partial charge on any atom is -0.338 e. The molecule has 7 heteroatoms. The Bertz CT molecular complexity index is 621. The average Bonchev–Trinajstić information content (AvgIpc) is 2.54. The van der Waals surface area contributed by atoms with Crippen LogP contribution in [0, 0.1) is 6.92 Å². The Morgan fingerprint density at radius 3 is 2.65 bits per heavy atom. The van der Waals surface area contributed by atoms with Gasteiger partial charge in [-0.25, -0.2) is 9.78 Å². The number of hydrogen-bond acceptors (Lipinski definition) is 4. The molecule has 0 aliphatic carbocycles. The lowest BCUT2D eigenvalue weighted by Crippen LogP contribution is -2.54. The van der Waals surface area contributed by atoms with Crippen molar-refractivity contribution in [1.29, 1.82) is 0 Å². The highest BCUT2D eigenvalue weighted by Crippen LogP contribution is 2.24. The smallest absolute Gasteiger partial charge is 0.317 e. The summed E-state index contributed by atoms with van der Waals surface area (Å²) in [5, 5.41) is 2.93. The van der Waals surface area contributed by atoms with Crippen LogP contribution in [0.3, 0.4) is 0 Å². The van der Waals surface area contributed by atoms with Gasteiger partial charge in [-0.3, -0.25) is 9.69 Å². The quantitative estimate of drug-likeness (QED) is 0.871. The summed E-state index contributed by atoms with van der Waals surface area (Å²) in [6.07, 6.45) is 2.96. The topological polar surface area (TPSA) is 81.3 Å². The van der Waals surface area contributed by atoms with Crippen LogP contribution in [-0.4, -0.2) is 58.0 Å². The number of carbonyl (C=O) groups excluding carboxylic acids is 1. The van der Waals surface area contributed by atoms with Gasteiger partial charge in [0.25, 0.3) is 5.56 Å². The molecule has 1 aromatic rings. The molecule has 2 saturated heterocycles. The van der Waals surface area contributed by atoms with E-state index in [-0.39, 0.29) is 17.6 Å². The van der Waals surface area contributed by atoms with E-state index in [2.05, 4.69) is 27.1 Å². The zero-order valence-electron chi connectivity index (χ0n) is 13.8. The van der Waals surface area contributed by atoms with Gasteiger partial charge in [-0.15, -0.1) is 0 Å². The van der Waals surface area contributed by atoms with Crippen molar-refractivity contribution in [2.24, 2.45) is 0 Å². The van der Waals surface area contributed by atoms with E-state index in [0.29, 0.717) is 6.04 Å². The van der Waals surface area contributed by atoms with Gasteiger partial charge in [-0.1, -0.05) is 0 Å². The fraction of sp³-hybridized carbons (Fsp3) is 0.688. The van der Waals surface area contributed by atoms with Crippen LogP contribution in [0.25, 0.3) is 0 Å². The first-order valence-electron chi connectivity index (χ1n) is 8.41. The number of likely N-dealkylation sites (tertiary alicyclic amines) is 1. The van der Waals surface area contributed by atoms with E-state index in [4.69, 9.17) is 0 Å². The van der Waals surface area contributed by atoms with Crippen LogP contribution in [-0.2, 0) is 0 Å². The van der Waals surface area contributed by atoms with Crippen molar-refractivity contribution in [3.05, 3.63) is 27.9 Å². The molecule has 2 amide bonds. The second kappa shape index (κ2) is 6.70. The Kier molecular flexibility index (Phi) is 4.66. The molecule has 2 aliphatic rings. The lowest BCUT2D eigenvalue weighted by molar-refractivity contribution is 0.0918. The molecular formula is C16H25N5O2. The third-order valence-electron chi connectivity index (χ3n) is 4.88. The van der Waals surface area contributed by atoms with Crippen molar-refractivity contribution < 1.29 is 4.79 Å². The summed E-state index contributed by atoms with van der Waals surface area (Å²) in [6, 6.07) is 1.99. The number of aromatic amines is 1. The summed E-state index contributed by atoms with van der Waals surface area (Å²) in [7, 11) is 0. The van der Waals surface area contributed by atoms with E-state index >= 15 is 0 Å². The Hall–Kier alpha value is -1.89. The van der Waals surface area contributed by atoms with Crippen LogP contribution in [0.1, 0.15) is 43.7 Å². The molecule has 126 valence electrons. The van der Waals surface area contributed by atoms with E-state index in [1.54, 1.807) is 0 Å². The largest absolute Gasteiger partial charge is 0.338 e. The van der Waals surface area contributed by atoms with Crippen molar-refractivity contribution in [3.8, 4) is 0 Å². The zero-order valence-corrected chi connectivity index (χ0v) is 13.8. The maximum atomic E-state index is 12.0. The Morgan fingerprint density at radius 2 is 2.00 bits per heavy atom. The van der Waals surface area contributed by atoms with Crippen molar-refractivity contribution in [1.82, 2.24) is 25.1 Å². The summed E-state index contributed by atoms with van der Waals surface area (Å²) < 4.78 is 0. The number of carbonyl (C=O) groups is 1. The van der Waals surface area contributed by atoms with E-state index < -0.39 is 0 Å². The fourth-order valence-electron chi connectivity index (χ4n) is 3.55. The van der Waals surface area contributed by atoms with Crippen molar-refractivity contribution >= 4 is 6.03 Å². The van der Waals surface area contributed by atoms with Gasteiger partial charge in [0.2, 0.25) is 0 Å². The number of rotatable bonds is 3. The lowest BCUT2D eigenvalue weighted by atomic mass is 10.0. The molecule has 3 heterocycles. The average molecular weight is 319 g/mol. The molecule has 0 spiro atoms. The van der Waals surface area contributed by atoms with Gasteiger partial charge in [-0.2, -0.15) is 0 Å². The molecule has 0 unspecified atom stereocenters. The molecule has 2 N–H and O–H groups in total. The predicted molar refractivity (Wildman–Crippen MR) is 87.3 cm³/mol. The third-order valence-corrected chi connectivity index (χ3v) is 4.88. The maximum absolute atomic E-state index is 12.0. The standard InChI is InChI=1S/C16H25N5O2/c1-11-10-14(22)19-15(18-11)12(2)20-8-4-13(5-9-20)21-7-3-6-17-16(21)23/h10,12-13H,3-9H2,1-2H3,(H,17,23)(H,18,19,22)/t12-/m0/s1. The normalized spacial score (nSPS) is 22.0. The summed E-state index contributed by atoms with van der Waals surface area (Å²) in [5.41, 5.74) is 0.648. The number of nitrogens with one attached hydrogen (secondary N) is 2. The molecule has 7 nitrogen and oxygen atoms in total. The van der Waals surface area contributed by atoms with Gasteiger partial charge in [0, 0.05) is 44.0 Å². The highest BCUT2D eigenvalue weighted by Gasteiger charge is 2.31. The van der Waals surface area contributed by atoms with Gasteiger partial charge in [0.15, 0.2) is 0 Å². The first-order valence-corrected chi connectivity index (χ1v) is 8.41. The third kappa shape index (κ3) is 3.55. The van der Waals surface area contributed by atoms with Gasteiger partial charge in [0.1, 0.15) is 5.82 Å². The number of nitrogens with zero attached hydrogens (tertiary/aromatic N) is 3. The highest BCUT2D eigenvalue weighted by atomic mass is 16.2. The molecule has 23 heavy (non-hydrogen) atoms. The molecule has 0 saturated carbocycles. The van der Waals surface area contributed by atoms with Crippen LogP contribution >= 0.6 is 0 Å². The van der Waals surface area contributed by atoms with Gasteiger partial charge in [-0.05, 0) is 33.1 Å². The lowest BCUT2D eigenvalue weighted by Gasteiger charge is -2.41. The summed E-state index contributed by atoms with van der Waals surface area (Å²) in [4.78, 5) is 35.2. The molecular weight excluding hydrogens is 294 g/mol. The molecule has 1 atom stereocenters. The molecule has 2 fully saturated rings. The van der Waals surface area contributed by atoms with Crippen molar-refractivity contribution in [2.75, 3.05) is 26.2 Å². The fourth-order valence-corrected chi connectivity index (χ4v) is 3.55. The van der Waals surface area contributed by atoms with Crippen LogP contribution < -0.4 is 10.9 Å². The molecule has 0 aromatic carbocycles. The predicted octanol–water partition coefficient (Wildman–Crippen LogP) is 1.02. The summed E-state index contributed by atoms with van der Waals surface area (Å²) >= 11 is 0. The monoisotopic (exact) mass is 319 g/mol. The summed E-state index contributed by atoms with van der Waals surface area (Å²) in [5.74, 6) is 0.726. The van der Waals surface area contributed by atoms with Crippen LogP contribution in [0.4, 0.5) is 4.79 Å². The first kappa shape index (κ1) is 16.0. The first-order chi connectivity index (χ1) is 11.0. The molecule has 0 radical (unpaired) electrons.